The average Bonchev–Trinajstić information content (AvgIpc) is 3.27. The summed E-state index contributed by atoms with van der Waals surface area (Å²) < 4.78 is 11.8. The first kappa shape index (κ1) is 22.0. The van der Waals surface area contributed by atoms with Crippen molar-refractivity contribution >= 4 is 45.9 Å². The van der Waals surface area contributed by atoms with E-state index in [0.717, 1.165) is 17.0 Å². The molecule has 1 aromatic heterocycles. The summed E-state index contributed by atoms with van der Waals surface area (Å²) in [5.74, 6) is 3.67. The minimum absolute atomic E-state index is 0.0588. The van der Waals surface area contributed by atoms with Gasteiger partial charge in [0.1, 0.15) is 11.5 Å². The third-order valence-corrected chi connectivity index (χ3v) is 8.34. The summed E-state index contributed by atoms with van der Waals surface area (Å²) in [6.07, 6.45) is 1.28. The van der Waals surface area contributed by atoms with Crippen LogP contribution in [0.5, 0.6) is 11.5 Å². The molecule has 5 nitrogen and oxygen atoms in total. The van der Waals surface area contributed by atoms with Crippen LogP contribution in [-0.4, -0.2) is 35.6 Å². The minimum atomic E-state index is -0.235. The molecule has 8 heteroatoms. The molecule has 0 radical (unpaired) electrons. The van der Waals surface area contributed by atoms with E-state index in [0.29, 0.717) is 22.1 Å². The van der Waals surface area contributed by atoms with Crippen LogP contribution in [0.4, 0.5) is 5.13 Å². The van der Waals surface area contributed by atoms with Gasteiger partial charge in [-0.15, -0.1) is 34.9 Å². The molecule has 162 valence electrons. The van der Waals surface area contributed by atoms with Crippen molar-refractivity contribution < 1.29 is 14.3 Å². The summed E-state index contributed by atoms with van der Waals surface area (Å²) in [6.45, 7) is 2.48. The molecular weight excluding hydrogens is 448 g/mol. The van der Waals surface area contributed by atoms with Crippen molar-refractivity contribution in [2.45, 2.75) is 17.9 Å². The van der Waals surface area contributed by atoms with Gasteiger partial charge in [0.25, 0.3) is 5.91 Å². The lowest BCUT2D eigenvalue weighted by molar-refractivity contribution is -0.118. The first-order valence-corrected chi connectivity index (χ1v) is 13.1. The molecule has 0 bridgehead atoms. The number of thioether (sulfide) groups is 2. The topological polar surface area (TPSA) is 60.5 Å². The fraction of sp³-hybridized carbons (Fsp3) is 0.304. The number of amides is 1. The number of anilines is 1. The fourth-order valence-electron chi connectivity index (χ4n) is 3.12. The molecule has 2 heterocycles. The highest BCUT2D eigenvalue weighted by Gasteiger charge is 2.16. The maximum absolute atomic E-state index is 12.3. The van der Waals surface area contributed by atoms with Crippen LogP contribution < -0.4 is 14.8 Å². The SMILES string of the molecule is CCOc1ccccc1-c1csc(NC(=O)COc2ccc(C3SCCCS3)cc2)n1. The Balaban J connectivity index is 1.30. The van der Waals surface area contributed by atoms with Crippen LogP contribution in [0.3, 0.4) is 0 Å². The quantitative estimate of drug-likeness (QED) is 0.428. The zero-order chi connectivity index (χ0) is 21.5. The molecule has 1 saturated heterocycles. The van der Waals surface area contributed by atoms with Gasteiger partial charge in [0.2, 0.25) is 0 Å². The summed E-state index contributed by atoms with van der Waals surface area (Å²) in [7, 11) is 0. The summed E-state index contributed by atoms with van der Waals surface area (Å²) in [6, 6.07) is 15.8. The zero-order valence-corrected chi connectivity index (χ0v) is 19.7. The number of carbonyl (C=O) groups excluding carboxylic acids is 1. The smallest absolute Gasteiger partial charge is 0.264 e. The van der Waals surface area contributed by atoms with Gasteiger partial charge in [-0.25, -0.2) is 4.98 Å². The third kappa shape index (κ3) is 5.96. The maximum atomic E-state index is 12.3. The highest BCUT2D eigenvalue weighted by molar-refractivity contribution is 8.16. The van der Waals surface area contributed by atoms with Crippen LogP contribution in [0, 0.1) is 0 Å². The Hall–Kier alpha value is -2.16. The lowest BCUT2D eigenvalue weighted by Crippen LogP contribution is -2.20. The lowest BCUT2D eigenvalue weighted by Gasteiger charge is -2.21. The Morgan fingerprint density at radius 3 is 2.65 bits per heavy atom. The van der Waals surface area contributed by atoms with E-state index in [9.17, 15) is 4.79 Å². The van der Waals surface area contributed by atoms with Gasteiger partial charge < -0.3 is 9.47 Å². The van der Waals surface area contributed by atoms with Crippen molar-refractivity contribution in [1.29, 1.82) is 0 Å². The van der Waals surface area contributed by atoms with Crippen molar-refractivity contribution in [3.63, 3.8) is 0 Å². The largest absolute Gasteiger partial charge is 0.493 e. The van der Waals surface area contributed by atoms with E-state index in [1.165, 1.54) is 34.8 Å². The van der Waals surface area contributed by atoms with Gasteiger partial charge in [0.15, 0.2) is 11.7 Å². The molecule has 31 heavy (non-hydrogen) atoms. The average molecular weight is 473 g/mol. The molecule has 1 amide bonds. The number of rotatable bonds is 8. The Labute approximate surface area is 195 Å². The molecule has 0 aliphatic carbocycles. The lowest BCUT2D eigenvalue weighted by atomic mass is 10.1. The fourth-order valence-corrected chi connectivity index (χ4v) is 6.74. The molecule has 0 saturated carbocycles. The predicted octanol–water partition coefficient (Wildman–Crippen LogP) is 6.10. The van der Waals surface area contributed by atoms with E-state index in [1.54, 1.807) is 0 Å². The molecule has 1 fully saturated rings. The number of ether oxygens (including phenoxy) is 2. The highest BCUT2D eigenvalue weighted by atomic mass is 32.2. The van der Waals surface area contributed by atoms with Crippen LogP contribution in [0.25, 0.3) is 11.3 Å². The van der Waals surface area contributed by atoms with Crippen LogP contribution in [0.15, 0.2) is 53.9 Å². The number of carbonyl (C=O) groups is 1. The Morgan fingerprint density at radius 2 is 1.87 bits per heavy atom. The Kier molecular flexibility index (Phi) is 7.77. The summed E-state index contributed by atoms with van der Waals surface area (Å²) in [4.78, 5) is 16.8. The van der Waals surface area contributed by atoms with Gasteiger partial charge >= 0.3 is 0 Å². The van der Waals surface area contributed by atoms with Crippen LogP contribution in [0.2, 0.25) is 0 Å². The second-order valence-electron chi connectivity index (χ2n) is 6.80. The second-order valence-corrected chi connectivity index (χ2v) is 10.4. The van der Waals surface area contributed by atoms with Gasteiger partial charge in [-0.2, -0.15) is 0 Å². The van der Waals surface area contributed by atoms with Gasteiger partial charge in [0, 0.05) is 10.9 Å². The number of nitrogens with one attached hydrogen (secondary N) is 1. The molecule has 1 N–H and O–H groups in total. The van der Waals surface area contributed by atoms with Gasteiger partial charge in [-0.05, 0) is 54.7 Å². The van der Waals surface area contributed by atoms with E-state index in [-0.39, 0.29) is 12.5 Å². The number of para-hydroxylation sites is 1. The van der Waals surface area contributed by atoms with Gasteiger partial charge in [-0.1, -0.05) is 24.3 Å². The molecule has 0 unspecified atom stereocenters. The number of thiazole rings is 1. The highest BCUT2D eigenvalue weighted by Crippen LogP contribution is 2.43. The number of hydrogen-bond donors (Lipinski definition) is 1. The van der Waals surface area contributed by atoms with Crippen molar-refractivity contribution in [3.8, 4) is 22.8 Å². The number of nitrogens with zero attached hydrogens (tertiary/aromatic N) is 1. The normalized spacial score (nSPS) is 14.2. The minimum Gasteiger partial charge on any atom is -0.493 e. The summed E-state index contributed by atoms with van der Waals surface area (Å²) >= 11 is 5.36. The van der Waals surface area contributed by atoms with E-state index in [4.69, 9.17) is 9.47 Å². The first-order chi connectivity index (χ1) is 15.2. The van der Waals surface area contributed by atoms with Crippen LogP contribution >= 0.6 is 34.9 Å². The van der Waals surface area contributed by atoms with Crippen molar-refractivity contribution in [2.24, 2.45) is 0 Å². The molecule has 1 aliphatic heterocycles. The second kappa shape index (κ2) is 10.9. The standard InChI is InChI=1S/C23H24N2O3S3/c1-2-27-20-7-4-3-6-18(20)19-15-31-23(24-19)25-21(26)14-28-17-10-8-16(9-11-17)22-29-12-5-13-30-22/h3-4,6-11,15,22H,2,5,12-14H2,1H3,(H,24,25,26). The number of hydrogen-bond acceptors (Lipinski definition) is 7. The molecule has 4 rings (SSSR count). The Bertz CT molecular complexity index is 1000. The number of benzene rings is 2. The van der Waals surface area contributed by atoms with Crippen molar-refractivity contribution in [1.82, 2.24) is 4.98 Å². The van der Waals surface area contributed by atoms with Gasteiger partial charge in [0.05, 0.1) is 16.9 Å². The third-order valence-electron chi connectivity index (χ3n) is 4.56. The van der Waals surface area contributed by atoms with E-state index < -0.39 is 0 Å². The molecule has 0 spiro atoms. The molecule has 1 aliphatic rings. The number of aromatic nitrogens is 1. The monoisotopic (exact) mass is 472 g/mol. The predicted molar refractivity (Wildman–Crippen MR) is 132 cm³/mol. The van der Waals surface area contributed by atoms with Crippen LogP contribution in [0.1, 0.15) is 23.5 Å². The summed E-state index contributed by atoms with van der Waals surface area (Å²) in [5.41, 5.74) is 2.99. The molecule has 3 aromatic rings. The van der Waals surface area contributed by atoms with Gasteiger partial charge in [-0.3, -0.25) is 10.1 Å². The first-order valence-electron chi connectivity index (χ1n) is 10.2. The molecular formula is C23H24N2O3S3. The molecule has 0 atom stereocenters. The van der Waals surface area contributed by atoms with Crippen molar-refractivity contribution in [3.05, 3.63) is 59.5 Å². The van der Waals surface area contributed by atoms with E-state index in [2.05, 4.69) is 22.4 Å². The zero-order valence-electron chi connectivity index (χ0n) is 17.2. The maximum Gasteiger partial charge on any atom is 0.264 e. The van der Waals surface area contributed by atoms with E-state index in [1.807, 2.05) is 72.2 Å². The van der Waals surface area contributed by atoms with Crippen LogP contribution in [-0.2, 0) is 4.79 Å². The molecule has 2 aromatic carbocycles. The van der Waals surface area contributed by atoms with E-state index >= 15 is 0 Å². The van der Waals surface area contributed by atoms with Crippen molar-refractivity contribution in [2.75, 3.05) is 30.0 Å². The Morgan fingerprint density at radius 1 is 1.10 bits per heavy atom. The summed E-state index contributed by atoms with van der Waals surface area (Å²) in [5, 5.41) is 5.26.